The second-order valence-corrected chi connectivity index (χ2v) is 6.86. The van der Waals surface area contributed by atoms with Gasteiger partial charge in [0.2, 0.25) is 0 Å². The highest BCUT2D eigenvalue weighted by atomic mass is 35.5. The highest BCUT2D eigenvalue weighted by molar-refractivity contribution is 6.30. The zero-order chi connectivity index (χ0) is 17.6. The van der Waals surface area contributed by atoms with Gasteiger partial charge in [0, 0.05) is 44.4 Å². The number of rotatable bonds is 4. The van der Waals surface area contributed by atoms with Crippen LogP contribution in [0.25, 0.3) is 0 Å². The fourth-order valence-corrected chi connectivity index (χ4v) is 3.44. The number of ether oxygens (including phenoxy) is 1. The summed E-state index contributed by atoms with van der Waals surface area (Å²) in [6.45, 7) is 3.49. The van der Waals surface area contributed by atoms with Gasteiger partial charge in [0.25, 0.3) is 5.91 Å². The molecule has 3 rings (SSSR count). The number of nitrogens with one attached hydrogen (secondary N) is 1. The maximum absolute atomic E-state index is 12.3. The van der Waals surface area contributed by atoms with Crippen molar-refractivity contribution in [3.63, 3.8) is 0 Å². The molecule has 0 radical (unpaired) electrons. The third-order valence-corrected chi connectivity index (χ3v) is 4.90. The number of urea groups is 1. The lowest BCUT2D eigenvalue weighted by molar-refractivity contribution is -0.142. The number of amides is 3. The van der Waals surface area contributed by atoms with Crippen LogP contribution in [0.15, 0.2) is 24.3 Å². The van der Waals surface area contributed by atoms with Crippen molar-refractivity contribution >= 4 is 23.5 Å². The van der Waals surface area contributed by atoms with E-state index in [-0.39, 0.29) is 18.0 Å². The highest BCUT2D eigenvalue weighted by Crippen LogP contribution is 2.16. The first-order valence-electron chi connectivity index (χ1n) is 8.81. The molecule has 1 aromatic carbocycles. The van der Waals surface area contributed by atoms with E-state index in [4.69, 9.17) is 16.3 Å². The van der Waals surface area contributed by atoms with Crippen LogP contribution in [0.1, 0.15) is 18.4 Å². The summed E-state index contributed by atoms with van der Waals surface area (Å²) in [7, 11) is 0. The average Bonchev–Trinajstić information content (AvgIpc) is 3.16. The monoisotopic (exact) mass is 365 g/mol. The molecule has 2 aliphatic heterocycles. The van der Waals surface area contributed by atoms with Crippen molar-refractivity contribution in [2.45, 2.75) is 25.4 Å². The third-order valence-electron chi connectivity index (χ3n) is 4.66. The van der Waals surface area contributed by atoms with Crippen LogP contribution in [0, 0.1) is 0 Å². The molecule has 0 bridgehead atoms. The number of nitrogens with zero attached hydrogens (tertiary/aromatic N) is 2. The van der Waals surface area contributed by atoms with Gasteiger partial charge in [0.15, 0.2) is 0 Å². The standard InChI is InChI=1S/C18H24ClN3O3/c19-15-4-1-3-14(13-15)6-7-20-18(24)22-10-8-21(9-11-22)17(23)16-5-2-12-25-16/h1,3-4,13,16H,2,5-12H2,(H,20,24). The van der Waals surface area contributed by atoms with Gasteiger partial charge in [-0.1, -0.05) is 23.7 Å². The highest BCUT2D eigenvalue weighted by Gasteiger charge is 2.31. The number of hydrogen-bond acceptors (Lipinski definition) is 3. The second-order valence-electron chi connectivity index (χ2n) is 6.43. The van der Waals surface area contributed by atoms with E-state index in [9.17, 15) is 9.59 Å². The van der Waals surface area contributed by atoms with E-state index < -0.39 is 0 Å². The molecule has 7 heteroatoms. The maximum Gasteiger partial charge on any atom is 0.317 e. The predicted molar refractivity (Wildman–Crippen MR) is 95.7 cm³/mol. The Balaban J connectivity index is 1.38. The SMILES string of the molecule is O=C(NCCc1cccc(Cl)c1)N1CCN(C(=O)C2CCCO2)CC1. The molecular weight excluding hydrogens is 342 g/mol. The molecule has 6 nitrogen and oxygen atoms in total. The fraction of sp³-hybridized carbons (Fsp3) is 0.556. The van der Waals surface area contributed by atoms with Crippen LogP contribution in [0.5, 0.6) is 0 Å². The second kappa shape index (κ2) is 8.54. The van der Waals surface area contributed by atoms with E-state index in [2.05, 4.69) is 5.32 Å². The molecule has 2 fully saturated rings. The zero-order valence-electron chi connectivity index (χ0n) is 14.2. The molecular formula is C18H24ClN3O3. The number of benzene rings is 1. The smallest absolute Gasteiger partial charge is 0.317 e. The molecule has 2 heterocycles. The average molecular weight is 366 g/mol. The Bertz CT molecular complexity index is 611. The molecule has 0 aliphatic carbocycles. The van der Waals surface area contributed by atoms with Crippen LogP contribution in [0.2, 0.25) is 5.02 Å². The van der Waals surface area contributed by atoms with Gasteiger partial charge in [-0.25, -0.2) is 4.79 Å². The Labute approximate surface area is 153 Å². The van der Waals surface area contributed by atoms with Gasteiger partial charge in [-0.15, -0.1) is 0 Å². The van der Waals surface area contributed by atoms with E-state index in [0.29, 0.717) is 44.4 Å². The summed E-state index contributed by atoms with van der Waals surface area (Å²) in [5.41, 5.74) is 1.10. The van der Waals surface area contributed by atoms with E-state index in [0.717, 1.165) is 24.8 Å². The molecule has 3 amide bonds. The number of hydrogen-bond donors (Lipinski definition) is 1. The summed E-state index contributed by atoms with van der Waals surface area (Å²) in [5.74, 6) is 0.0681. The lowest BCUT2D eigenvalue weighted by atomic mass is 10.1. The van der Waals surface area contributed by atoms with Gasteiger partial charge >= 0.3 is 6.03 Å². The molecule has 0 aromatic heterocycles. The summed E-state index contributed by atoms with van der Waals surface area (Å²) < 4.78 is 5.45. The number of carbonyl (C=O) groups excluding carboxylic acids is 2. The zero-order valence-corrected chi connectivity index (χ0v) is 15.0. The minimum Gasteiger partial charge on any atom is -0.368 e. The first kappa shape index (κ1) is 18.0. The first-order chi connectivity index (χ1) is 12.1. The molecule has 1 N–H and O–H groups in total. The van der Waals surface area contributed by atoms with Crippen molar-refractivity contribution in [3.05, 3.63) is 34.9 Å². The Kier molecular flexibility index (Phi) is 6.15. The van der Waals surface area contributed by atoms with Crippen molar-refractivity contribution in [3.8, 4) is 0 Å². The summed E-state index contributed by atoms with van der Waals surface area (Å²) >= 11 is 5.96. The molecule has 1 unspecified atom stereocenters. The Morgan fingerprint density at radius 2 is 1.96 bits per heavy atom. The van der Waals surface area contributed by atoms with E-state index in [1.54, 1.807) is 4.90 Å². The summed E-state index contributed by atoms with van der Waals surface area (Å²) in [4.78, 5) is 28.1. The first-order valence-corrected chi connectivity index (χ1v) is 9.19. The van der Waals surface area contributed by atoms with Crippen molar-refractivity contribution in [2.24, 2.45) is 0 Å². The fourth-order valence-electron chi connectivity index (χ4n) is 3.22. The number of halogens is 1. The summed E-state index contributed by atoms with van der Waals surface area (Å²) in [6, 6.07) is 7.56. The molecule has 0 saturated carbocycles. The van der Waals surface area contributed by atoms with Gasteiger partial charge in [0.1, 0.15) is 6.10 Å². The Hall–Kier alpha value is -1.79. The topological polar surface area (TPSA) is 61.9 Å². The van der Waals surface area contributed by atoms with Gasteiger partial charge in [-0.3, -0.25) is 4.79 Å². The van der Waals surface area contributed by atoms with Gasteiger partial charge in [0.05, 0.1) is 0 Å². The minimum atomic E-state index is -0.280. The van der Waals surface area contributed by atoms with Crippen LogP contribution >= 0.6 is 11.6 Å². The van der Waals surface area contributed by atoms with E-state index >= 15 is 0 Å². The predicted octanol–water partition coefficient (Wildman–Crippen LogP) is 1.92. The lowest BCUT2D eigenvalue weighted by Gasteiger charge is -2.35. The van der Waals surface area contributed by atoms with Crippen molar-refractivity contribution in [1.82, 2.24) is 15.1 Å². The lowest BCUT2D eigenvalue weighted by Crippen LogP contribution is -2.55. The van der Waals surface area contributed by atoms with Crippen molar-refractivity contribution < 1.29 is 14.3 Å². The van der Waals surface area contributed by atoms with Crippen molar-refractivity contribution in [1.29, 1.82) is 0 Å². The quantitative estimate of drug-likeness (QED) is 0.886. The normalized spacial score (nSPS) is 20.6. The largest absolute Gasteiger partial charge is 0.368 e. The van der Waals surface area contributed by atoms with Crippen LogP contribution in [-0.4, -0.2) is 67.2 Å². The summed E-state index contributed by atoms with van der Waals surface area (Å²) in [6.07, 6.45) is 2.22. The van der Waals surface area contributed by atoms with Crippen LogP contribution in [-0.2, 0) is 16.0 Å². The van der Waals surface area contributed by atoms with Gasteiger partial charge in [-0.2, -0.15) is 0 Å². The number of carbonyl (C=O) groups is 2. The molecule has 2 saturated heterocycles. The van der Waals surface area contributed by atoms with Crippen LogP contribution < -0.4 is 5.32 Å². The molecule has 0 spiro atoms. The Morgan fingerprint density at radius 1 is 1.20 bits per heavy atom. The summed E-state index contributed by atoms with van der Waals surface area (Å²) in [5, 5.41) is 3.64. The minimum absolute atomic E-state index is 0.0681. The van der Waals surface area contributed by atoms with E-state index in [1.807, 2.05) is 29.2 Å². The van der Waals surface area contributed by atoms with Crippen LogP contribution in [0.4, 0.5) is 4.79 Å². The molecule has 25 heavy (non-hydrogen) atoms. The molecule has 1 atom stereocenters. The van der Waals surface area contributed by atoms with Gasteiger partial charge < -0.3 is 19.9 Å². The molecule has 2 aliphatic rings. The maximum atomic E-state index is 12.3. The van der Waals surface area contributed by atoms with E-state index in [1.165, 1.54) is 0 Å². The van der Waals surface area contributed by atoms with Crippen molar-refractivity contribution in [2.75, 3.05) is 39.3 Å². The Morgan fingerprint density at radius 3 is 2.64 bits per heavy atom. The van der Waals surface area contributed by atoms with Crippen LogP contribution in [0.3, 0.4) is 0 Å². The van der Waals surface area contributed by atoms with Gasteiger partial charge in [-0.05, 0) is 37.0 Å². The number of piperazine rings is 1. The molecule has 136 valence electrons. The third kappa shape index (κ3) is 4.86. The molecule has 1 aromatic rings.